The lowest BCUT2D eigenvalue weighted by atomic mass is 9.81. The summed E-state index contributed by atoms with van der Waals surface area (Å²) < 4.78 is 13.8. The number of hydrogen-bond acceptors (Lipinski definition) is 7. The van der Waals surface area contributed by atoms with Crippen molar-refractivity contribution in [2.45, 2.75) is 88.0 Å². The monoisotopic (exact) mass is 607 g/mol. The Kier molecular flexibility index (Phi) is 12.4. The van der Waals surface area contributed by atoms with E-state index in [-0.39, 0.29) is 37.6 Å². The molecule has 0 spiro atoms. The number of aryl methyl sites for hydroxylation is 4. The van der Waals surface area contributed by atoms with Gasteiger partial charge in [-0.2, -0.15) is 0 Å². The largest absolute Gasteiger partial charge is 0.875 e. The third-order valence-corrected chi connectivity index (χ3v) is 7.72. The molecule has 0 radical (unpaired) electrons. The number of Topliss-reactive ketones (excluding diaryl/α,β-unsaturated/α-hetero) is 1. The van der Waals surface area contributed by atoms with Gasteiger partial charge in [-0.25, -0.2) is 14.2 Å². The molecule has 1 aromatic heterocycles. The zero-order valence-electron chi connectivity index (χ0n) is 28.2. The smallest absolute Gasteiger partial charge is 0.330 e. The van der Waals surface area contributed by atoms with Gasteiger partial charge in [-0.1, -0.05) is 54.5 Å². The Morgan fingerprint density at radius 2 is 1.43 bits per heavy atom. The first kappa shape index (κ1) is 36.2. The molecule has 44 heavy (non-hydrogen) atoms. The van der Waals surface area contributed by atoms with E-state index >= 15 is 0 Å². The van der Waals surface area contributed by atoms with E-state index in [0.717, 1.165) is 34.0 Å². The standard InChI is InChI=1S/C35H49N3O6/c1-12-43-30(41)16-18-34(7,8)28(39)15-14-27(22-29(40)35(9,10)19-17-31(42)44-13-2)33-37(11)26(6)36-38(33)32-24(4)20-23(3)21-25(32)5/h15-21,27H,12-14,22H2,1-11H3/b18-16+,19-17+,28-15-. The van der Waals surface area contributed by atoms with Crippen molar-refractivity contribution in [3.05, 3.63) is 76.6 Å². The van der Waals surface area contributed by atoms with E-state index < -0.39 is 28.7 Å². The zero-order chi connectivity index (χ0) is 33.4. The van der Waals surface area contributed by atoms with Crippen molar-refractivity contribution < 1.29 is 33.5 Å². The molecule has 0 aliphatic carbocycles. The number of allylic oxidation sites excluding steroid dienone is 3. The fourth-order valence-electron chi connectivity index (χ4n) is 5.08. The molecule has 0 saturated carbocycles. The molecule has 2 rings (SSSR count). The molecule has 0 bridgehead atoms. The highest BCUT2D eigenvalue weighted by atomic mass is 16.5. The minimum absolute atomic E-state index is 0.0893. The van der Waals surface area contributed by atoms with Gasteiger partial charge in [0.1, 0.15) is 11.5 Å². The molecular weight excluding hydrogens is 558 g/mol. The normalized spacial score (nSPS) is 13.5. The Bertz CT molecular complexity index is 1440. The maximum Gasteiger partial charge on any atom is 0.330 e. The lowest BCUT2D eigenvalue weighted by Crippen LogP contribution is -2.38. The van der Waals surface area contributed by atoms with Crippen molar-refractivity contribution in [1.29, 1.82) is 0 Å². The van der Waals surface area contributed by atoms with Crippen molar-refractivity contribution in [1.82, 2.24) is 9.78 Å². The van der Waals surface area contributed by atoms with Crippen molar-refractivity contribution >= 4 is 17.7 Å². The Morgan fingerprint density at radius 1 is 0.932 bits per heavy atom. The van der Waals surface area contributed by atoms with E-state index in [0.29, 0.717) is 0 Å². The molecule has 0 fully saturated rings. The number of hydrogen-bond donors (Lipinski definition) is 0. The quantitative estimate of drug-likeness (QED) is 0.130. The molecule has 0 N–H and O–H groups in total. The number of carbonyl (C=O) groups is 3. The minimum Gasteiger partial charge on any atom is -0.875 e. The Balaban J connectivity index is 2.64. The Morgan fingerprint density at radius 3 is 1.93 bits per heavy atom. The summed E-state index contributed by atoms with van der Waals surface area (Å²) in [4.78, 5) is 37.7. The number of carbonyl (C=O) groups excluding carboxylic acids is 3. The van der Waals surface area contributed by atoms with Crippen LogP contribution in [-0.4, -0.2) is 40.7 Å². The molecule has 0 aliphatic heterocycles. The van der Waals surface area contributed by atoms with Gasteiger partial charge in [0.25, 0.3) is 5.82 Å². The van der Waals surface area contributed by atoms with Crippen LogP contribution in [0.5, 0.6) is 0 Å². The molecule has 1 heterocycles. The van der Waals surface area contributed by atoms with Gasteiger partial charge in [0, 0.05) is 36.0 Å². The second-order valence-electron chi connectivity index (χ2n) is 12.4. The van der Waals surface area contributed by atoms with E-state index in [9.17, 15) is 19.5 Å². The number of benzene rings is 1. The van der Waals surface area contributed by atoms with Crippen LogP contribution in [0.3, 0.4) is 0 Å². The minimum atomic E-state index is -0.967. The molecule has 0 saturated heterocycles. The second kappa shape index (κ2) is 15.1. The molecule has 2 aromatic rings. The predicted molar refractivity (Wildman–Crippen MR) is 168 cm³/mol. The predicted octanol–water partition coefficient (Wildman–Crippen LogP) is 4.90. The third kappa shape index (κ3) is 9.24. The Labute approximate surface area is 262 Å². The second-order valence-corrected chi connectivity index (χ2v) is 12.4. The number of rotatable bonds is 14. The van der Waals surface area contributed by atoms with E-state index in [1.54, 1.807) is 59.8 Å². The lowest BCUT2D eigenvalue weighted by molar-refractivity contribution is -0.687. The summed E-state index contributed by atoms with van der Waals surface area (Å²) in [6.45, 7) is 18.9. The molecule has 0 amide bonds. The number of ether oxygens (including phenoxy) is 2. The van der Waals surface area contributed by atoms with E-state index in [4.69, 9.17) is 14.6 Å². The third-order valence-electron chi connectivity index (χ3n) is 7.72. The van der Waals surface area contributed by atoms with Crippen molar-refractivity contribution in [3.63, 3.8) is 0 Å². The van der Waals surface area contributed by atoms with Crippen LogP contribution >= 0.6 is 0 Å². The number of esters is 2. The molecule has 1 aromatic carbocycles. The van der Waals surface area contributed by atoms with Gasteiger partial charge in [0.15, 0.2) is 0 Å². The molecule has 0 aliphatic rings. The SMILES string of the molecule is CCOC(=O)/C=C/C(C)(C)C(=O)CC(C/C=C(\[O-])C(C)(C)/C=C/C(=O)OCC)c1n(-c2c(C)cc(C)cc2C)nc(C)[n+]1C. The molecule has 240 valence electrons. The van der Waals surface area contributed by atoms with Crippen LogP contribution in [0, 0.1) is 38.5 Å². The first-order valence-electron chi connectivity index (χ1n) is 15.1. The summed E-state index contributed by atoms with van der Waals surface area (Å²) >= 11 is 0. The highest BCUT2D eigenvalue weighted by Crippen LogP contribution is 2.33. The van der Waals surface area contributed by atoms with Gasteiger partial charge in [0.05, 0.1) is 26.2 Å². The van der Waals surface area contributed by atoms with Crippen molar-refractivity contribution in [3.8, 4) is 5.69 Å². The van der Waals surface area contributed by atoms with Crippen molar-refractivity contribution in [2.75, 3.05) is 13.2 Å². The Hall–Kier alpha value is -4.01. The number of aromatic nitrogens is 3. The highest BCUT2D eigenvalue weighted by molar-refractivity contribution is 5.89. The van der Waals surface area contributed by atoms with E-state index in [1.807, 2.05) is 44.0 Å². The van der Waals surface area contributed by atoms with Crippen LogP contribution in [-0.2, 0) is 30.9 Å². The van der Waals surface area contributed by atoms with Gasteiger partial charge >= 0.3 is 11.9 Å². The maximum atomic E-state index is 13.8. The highest BCUT2D eigenvalue weighted by Gasteiger charge is 2.35. The maximum absolute atomic E-state index is 13.8. The van der Waals surface area contributed by atoms with Gasteiger partial charge in [-0.05, 0) is 71.4 Å². The van der Waals surface area contributed by atoms with Crippen LogP contribution < -0.4 is 9.67 Å². The van der Waals surface area contributed by atoms with Crippen LogP contribution in [0.15, 0.2) is 48.3 Å². The summed E-state index contributed by atoms with van der Waals surface area (Å²) in [6, 6.07) is 4.20. The molecule has 9 heteroatoms. The van der Waals surface area contributed by atoms with Gasteiger partial charge in [-0.15, -0.1) is 5.76 Å². The molecule has 1 unspecified atom stereocenters. The van der Waals surface area contributed by atoms with Crippen molar-refractivity contribution in [2.24, 2.45) is 17.9 Å². The van der Waals surface area contributed by atoms with E-state index in [1.165, 1.54) is 12.2 Å². The first-order chi connectivity index (χ1) is 20.4. The van der Waals surface area contributed by atoms with Crippen LogP contribution in [0.1, 0.15) is 88.6 Å². The number of nitrogens with zero attached hydrogens (tertiary/aromatic N) is 3. The summed E-state index contributed by atoms with van der Waals surface area (Å²) in [5, 5.41) is 18.3. The van der Waals surface area contributed by atoms with Crippen LogP contribution in [0.4, 0.5) is 0 Å². The van der Waals surface area contributed by atoms with Gasteiger partial charge in [0.2, 0.25) is 5.82 Å². The lowest BCUT2D eigenvalue weighted by Gasteiger charge is -2.30. The molecular formula is C35H49N3O6. The molecule has 1 atom stereocenters. The van der Waals surface area contributed by atoms with Gasteiger partial charge < -0.3 is 14.6 Å². The van der Waals surface area contributed by atoms with Crippen LogP contribution in [0.25, 0.3) is 5.69 Å². The topological polar surface area (TPSA) is 114 Å². The molecule has 9 nitrogen and oxygen atoms in total. The van der Waals surface area contributed by atoms with Crippen LogP contribution in [0.2, 0.25) is 0 Å². The van der Waals surface area contributed by atoms with Gasteiger partial charge in [-0.3, -0.25) is 4.79 Å². The zero-order valence-corrected chi connectivity index (χ0v) is 28.2. The number of ketones is 1. The average molecular weight is 608 g/mol. The fourth-order valence-corrected chi connectivity index (χ4v) is 5.08. The summed E-state index contributed by atoms with van der Waals surface area (Å²) in [7, 11) is 1.91. The fraction of sp³-hybridized carbons (Fsp3) is 0.514. The summed E-state index contributed by atoms with van der Waals surface area (Å²) in [6.07, 6.45) is 7.61. The van der Waals surface area contributed by atoms with E-state index in [2.05, 4.69) is 12.1 Å². The average Bonchev–Trinajstić information content (AvgIpc) is 3.21. The summed E-state index contributed by atoms with van der Waals surface area (Å²) in [5.41, 5.74) is 2.21. The summed E-state index contributed by atoms with van der Waals surface area (Å²) in [5.74, 6) is -0.212. The first-order valence-corrected chi connectivity index (χ1v) is 15.1.